The monoisotopic (exact) mass is 241 g/mol. The SMILES string of the molecule is O=C(O)C1(N2CCCOCC2)CCCCCC1. The number of nitrogens with zero attached hydrogens (tertiary/aromatic N) is 1. The number of hydrogen-bond donors (Lipinski definition) is 1. The van der Waals surface area contributed by atoms with Crippen molar-refractivity contribution >= 4 is 5.97 Å². The summed E-state index contributed by atoms with van der Waals surface area (Å²) in [7, 11) is 0. The summed E-state index contributed by atoms with van der Waals surface area (Å²) in [5, 5.41) is 9.68. The summed E-state index contributed by atoms with van der Waals surface area (Å²) < 4.78 is 5.44. The van der Waals surface area contributed by atoms with Gasteiger partial charge >= 0.3 is 5.97 Å². The highest BCUT2D eigenvalue weighted by molar-refractivity contribution is 5.78. The van der Waals surface area contributed by atoms with E-state index >= 15 is 0 Å². The van der Waals surface area contributed by atoms with Crippen molar-refractivity contribution in [3.05, 3.63) is 0 Å². The smallest absolute Gasteiger partial charge is 0.324 e. The minimum absolute atomic E-state index is 0.607. The van der Waals surface area contributed by atoms with Crippen molar-refractivity contribution in [3.8, 4) is 0 Å². The van der Waals surface area contributed by atoms with E-state index in [0.29, 0.717) is 6.61 Å². The first-order valence-electron chi connectivity index (χ1n) is 6.82. The molecule has 0 spiro atoms. The maximum atomic E-state index is 11.8. The highest BCUT2D eigenvalue weighted by Gasteiger charge is 2.43. The molecule has 4 nitrogen and oxygen atoms in total. The van der Waals surface area contributed by atoms with Crippen LogP contribution in [0.15, 0.2) is 0 Å². The summed E-state index contributed by atoms with van der Waals surface area (Å²) in [6.07, 6.45) is 7.02. The van der Waals surface area contributed by atoms with E-state index in [0.717, 1.165) is 51.8 Å². The fourth-order valence-corrected chi connectivity index (χ4v) is 3.15. The number of carboxylic acid groups (broad SMARTS) is 1. The largest absolute Gasteiger partial charge is 0.480 e. The molecule has 1 aliphatic heterocycles. The molecule has 2 aliphatic rings. The van der Waals surface area contributed by atoms with Gasteiger partial charge in [0, 0.05) is 19.7 Å². The molecule has 2 fully saturated rings. The zero-order chi connectivity index (χ0) is 12.1. The summed E-state index contributed by atoms with van der Waals surface area (Å²) in [5.41, 5.74) is -0.607. The first kappa shape index (κ1) is 12.8. The fraction of sp³-hybridized carbons (Fsp3) is 0.923. The minimum atomic E-state index is -0.624. The molecule has 1 saturated heterocycles. The van der Waals surface area contributed by atoms with Gasteiger partial charge in [0.2, 0.25) is 0 Å². The third-order valence-electron chi connectivity index (χ3n) is 4.16. The predicted octanol–water partition coefficient (Wildman–Crippen LogP) is 1.89. The van der Waals surface area contributed by atoms with Crippen molar-refractivity contribution in [1.82, 2.24) is 4.90 Å². The molecule has 4 heteroatoms. The van der Waals surface area contributed by atoms with Crippen LogP contribution in [0.4, 0.5) is 0 Å². The lowest BCUT2D eigenvalue weighted by molar-refractivity contribution is -0.153. The Kier molecular flexibility index (Phi) is 4.40. The molecule has 0 bridgehead atoms. The second-order valence-corrected chi connectivity index (χ2v) is 5.20. The Balaban J connectivity index is 2.15. The van der Waals surface area contributed by atoms with Crippen molar-refractivity contribution in [2.75, 3.05) is 26.3 Å². The molecule has 0 aromatic rings. The molecular formula is C13H23NO3. The lowest BCUT2D eigenvalue weighted by Crippen LogP contribution is -2.55. The van der Waals surface area contributed by atoms with Gasteiger partial charge in [-0.15, -0.1) is 0 Å². The molecule has 1 heterocycles. The molecule has 1 N–H and O–H groups in total. The second kappa shape index (κ2) is 5.83. The van der Waals surface area contributed by atoms with Crippen molar-refractivity contribution in [3.63, 3.8) is 0 Å². The lowest BCUT2D eigenvalue weighted by atomic mass is 9.88. The van der Waals surface area contributed by atoms with Crippen LogP contribution in [-0.4, -0.2) is 47.8 Å². The fourth-order valence-electron chi connectivity index (χ4n) is 3.15. The molecule has 0 unspecified atom stereocenters. The van der Waals surface area contributed by atoms with E-state index < -0.39 is 11.5 Å². The second-order valence-electron chi connectivity index (χ2n) is 5.20. The topological polar surface area (TPSA) is 49.8 Å². The van der Waals surface area contributed by atoms with Crippen molar-refractivity contribution < 1.29 is 14.6 Å². The van der Waals surface area contributed by atoms with Crippen LogP contribution in [0.1, 0.15) is 44.9 Å². The van der Waals surface area contributed by atoms with E-state index in [9.17, 15) is 9.90 Å². The van der Waals surface area contributed by atoms with E-state index in [2.05, 4.69) is 4.90 Å². The maximum absolute atomic E-state index is 11.8. The van der Waals surface area contributed by atoms with Gasteiger partial charge < -0.3 is 9.84 Å². The molecule has 98 valence electrons. The van der Waals surface area contributed by atoms with Crippen molar-refractivity contribution in [2.24, 2.45) is 0 Å². The molecule has 0 radical (unpaired) electrons. The Hall–Kier alpha value is -0.610. The van der Waals surface area contributed by atoms with Gasteiger partial charge in [-0.3, -0.25) is 9.69 Å². The van der Waals surface area contributed by atoms with Gasteiger partial charge in [-0.05, 0) is 19.3 Å². The van der Waals surface area contributed by atoms with Gasteiger partial charge in [-0.2, -0.15) is 0 Å². The molecular weight excluding hydrogens is 218 g/mol. The maximum Gasteiger partial charge on any atom is 0.324 e. The third-order valence-corrected chi connectivity index (χ3v) is 4.16. The Bertz CT molecular complexity index is 251. The Morgan fingerprint density at radius 2 is 1.71 bits per heavy atom. The van der Waals surface area contributed by atoms with Gasteiger partial charge in [0.15, 0.2) is 0 Å². The molecule has 17 heavy (non-hydrogen) atoms. The van der Waals surface area contributed by atoms with Gasteiger partial charge in [0.05, 0.1) is 6.61 Å². The molecule has 0 aromatic carbocycles. The normalized spacial score (nSPS) is 27.1. The van der Waals surface area contributed by atoms with E-state index in [1.54, 1.807) is 0 Å². The van der Waals surface area contributed by atoms with Crippen LogP contribution in [0.3, 0.4) is 0 Å². The standard InChI is InChI=1S/C13H23NO3/c15-12(16)13(6-3-1-2-4-7-13)14-8-5-10-17-11-9-14/h1-11H2,(H,15,16). The van der Waals surface area contributed by atoms with Gasteiger partial charge in [-0.1, -0.05) is 25.7 Å². The van der Waals surface area contributed by atoms with Crippen LogP contribution in [0.2, 0.25) is 0 Å². The predicted molar refractivity (Wildman–Crippen MR) is 65.1 cm³/mol. The van der Waals surface area contributed by atoms with Crippen LogP contribution in [0, 0.1) is 0 Å². The number of hydrogen-bond acceptors (Lipinski definition) is 3. The van der Waals surface area contributed by atoms with Crippen molar-refractivity contribution in [2.45, 2.75) is 50.5 Å². The van der Waals surface area contributed by atoms with Crippen LogP contribution in [0.5, 0.6) is 0 Å². The molecule has 1 saturated carbocycles. The highest BCUT2D eigenvalue weighted by atomic mass is 16.5. The zero-order valence-electron chi connectivity index (χ0n) is 10.5. The van der Waals surface area contributed by atoms with E-state index in [4.69, 9.17) is 4.74 Å². The quantitative estimate of drug-likeness (QED) is 0.750. The van der Waals surface area contributed by atoms with Crippen molar-refractivity contribution in [1.29, 1.82) is 0 Å². The number of aliphatic carboxylic acids is 1. The Labute approximate surface area is 103 Å². The van der Waals surface area contributed by atoms with Crippen LogP contribution in [-0.2, 0) is 9.53 Å². The third kappa shape index (κ3) is 2.80. The molecule has 2 rings (SSSR count). The molecule has 0 amide bonds. The van der Waals surface area contributed by atoms with Gasteiger partial charge in [-0.25, -0.2) is 0 Å². The van der Waals surface area contributed by atoms with Crippen LogP contribution in [0.25, 0.3) is 0 Å². The Morgan fingerprint density at radius 1 is 1.00 bits per heavy atom. The first-order chi connectivity index (χ1) is 8.26. The van der Waals surface area contributed by atoms with E-state index in [-0.39, 0.29) is 0 Å². The summed E-state index contributed by atoms with van der Waals surface area (Å²) in [5.74, 6) is -0.624. The van der Waals surface area contributed by atoms with Crippen LogP contribution < -0.4 is 0 Å². The minimum Gasteiger partial charge on any atom is -0.480 e. The lowest BCUT2D eigenvalue weighted by Gasteiger charge is -2.39. The molecule has 0 aromatic heterocycles. The Morgan fingerprint density at radius 3 is 2.35 bits per heavy atom. The number of rotatable bonds is 2. The van der Waals surface area contributed by atoms with Crippen LogP contribution >= 0.6 is 0 Å². The first-order valence-corrected chi connectivity index (χ1v) is 6.82. The van der Waals surface area contributed by atoms with E-state index in [1.807, 2.05) is 0 Å². The highest BCUT2D eigenvalue weighted by Crippen LogP contribution is 2.33. The van der Waals surface area contributed by atoms with Gasteiger partial charge in [0.25, 0.3) is 0 Å². The van der Waals surface area contributed by atoms with E-state index in [1.165, 1.54) is 12.8 Å². The summed E-state index contributed by atoms with van der Waals surface area (Å²) in [4.78, 5) is 13.9. The average Bonchev–Trinajstić information content (AvgIpc) is 2.72. The number of ether oxygens (including phenoxy) is 1. The zero-order valence-corrected chi connectivity index (χ0v) is 10.5. The average molecular weight is 241 g/mol. The number of carbonyl (C=O) groups is 1. The summed E-state index contributed by atoms with van der Waals surface area (Å²) >= 11 is 0. The summed E-state index contributed by atoms with van der Waals surface area (Å²) in [6.45, 7) is 3.08. The van der Waals surface area contributed by atoms with Gasteiger partial charge in [0.1, 0.15) is 5.54 Å². The number of carboxylic acids is 1. The molecule has 0 atom stereocenters. The summed E-state index contributed by atoms with van der Waals surface area (Å²) in [6, 6.07) is 0. The molecule has 1 aliphatic carbocycles.